The minimum atomic E-state index is -0.665. The molecular formula is C15H13N5O3. The van der Waals surface area contributed by atoms with Crippen LogP contribution in [0.5, 0.6) is 5.75 Å². The highest BCUT2D eigenvalue weighted by atomic mass is 16.6. The molecule has 0 fully saturated rings. The number of hydrogen-bond acceptors (Lipinski definition) is 6. The Morgan fingerprint density at radius 3 is 2.65 bits per heavy atom. The van der Waals surface area contributed by atoms with Gasteiger partial charge in [0.25, 0.3) is 0 Å². The zero-order valence-electron chi connectivity index (χ0n) is 11.9. The third-order valence-electron chi connectivity index (χ3n) is 3.39. The van der Waals surface area contributed by atoms with Gasteiger partial charge in [-0.2, -0.15) is 5.10 Å². The van der Waals surface area contributed by atoms with Crippen LogP contribution in [0.1, 0.15) is 17.4 Å². The standard InChI is InChI=1S/C15H13N5O3/c16-13(9-4-2-1-3-5-9)15-17-14(18-19-15)10-6-7-12(21)11(8-10)20(22)23/h1-8,13,21H,16H2,(H,17,18,19)/t13-/m1/s1. The summed E-state index contributed by atoms with van der Waals surface area (Å²) in [5.74, 6) is 0.312. The molecule has 1 aromatic heterocycles. The van der Waals surface area contributed by atoms with Crippen molar-refractivity contribution in [1.29, 1.82) is 0 Å². The number of aromatic amines is 1. The van der Waals surface area contributed by atoms with Crippen molar-refractivity contribution >= 4 is 5.69 Å². The number of H-pyrrole nitrogens is 1. The highest BCUT2D eigenvalue weighted by Gasteiger charge is 2.18. The zero-order valence-corrected chi connectivity index (χ0v) is 11.9. The van der Waals surface area contributed by atoms with E-state index in [4.69, 9.17) is 5.73 Å². The minimum Gasteiger partial charge on any atom is -0.502 e. The van der Waals surface area contributed by atoms with E-state index in [0.717, 1.165) is 5.56 Å². The Hall–Kier alpha value is -3.26. The molecule has 1 atom stereocenters. The van der Waals surface area contributed by atoms with Crippen LogP contribution < -0.4 is 5.73 Å². The van der Waals surface area contributed by atoms with Crippen LogP contribution in [0.15, 0.2) is 48.5 Å². The molecule has 3 rings (SSSR count). The third-order valence-corrected chi connectivity index (χ3v) is 3.39. The summed E-state index contributed by atoms with van der Waals surface area (Å²) in [6, 6.07) is 12.9. The molecule has 0 unspecified atom stereocenters. The van der Waals surface area contributed by atoms with Crippen molar-refractivity contribution < 1.29 is 10.0 Å². The number of nitrogens with zero attached hydrogens (tertiary/aromatic N) is 3. The number of nitrogens with two attached hydrogens (primary N) is 1. The molecule has 0 amide bonds. The van der Waals surface area contributed by atoms with Crippen LogP contribution in [0.3, 0.4) is 0 Å². The van der Waals surface area contributed by atoms with E-state index < -0.39 is 22.4 Å². The Bertz CT molecular complexity index is 847. The van der Waals surface area contributed by atoms with E-state index in [1.54, 1.807) is 0 Å². The molecule has 8 heteroatoms. The third kappa shape index (κ3) is 2.87. The molecule has 116 valence electrons. The molecule has 0 saturated heterocycles. The van der Waals surface area contributed by atoms with Crippen LogP contribution in [-0.2, 0) is 0 Å². The molecule has 0 aliphatic heterocycles. The second kappa shape index (κ2) is 5.85. The molecule has 8 nitrogen and oxygen atoms in total. The predicted molar refractivity (Wildman–Crippen MR) is 82.6 cm³/mol. The Labute approximate surface area is 130 Å². The largest absolute Gasteiger partial charge is 0.502 e. The molecule has 0 spiro atoms. The van der Waals surface area contributed by atoms with Gasteiger partial charge in [-0.15, -0.1) is 0 Å². The summed E-state index contributed by atoms with van der Waals surface area (Å²) in [5, 5.41) is 27.2. The highest BCUT2D eigenvalue weighted by Crippen LogP contribution is 2.30. The zero-order chi connectivity index (χ0) is 16.4. The van der Waals surface area contributed by atoms with Crippen LogP contribution in [0.4, 0.5) is 5.69 Å². The van der Waals surface area contributed by atoms with Gasteiger partial charge in [0.05, 0.1) is 11.0 Å². The average molecular weight is 311 g/mol. The first-order valence-corrected chi connectivity index (χ1v) is 6.77. The number of nitro groups is 1. The first kappa shape index (κ1) is 14.7. The Balaban J connectivity index is 1.93. The van der Waals surface area contributed by atoms with Gasteiger partial charge in [-0.3, -0.25) is 15.2 Å². The number of nitro benzene ring substituents is 1. The van der Waals surface area contributed by atoms with E-state index in [2.05, 4.69) is 15.2 Å². The lowest BCUT2D eigenvalue weighted by molar-refractivity contribution is -0.385. The van der Waals surface area contributed by atoms with Gasteiger partial charge in [-0.1, -0.05) is 30.3 Å². The fourth-order valence-electron chi connectivity index (χ4n) is 2.17. The fourth-order valence-corrected chi connectivity index (χ4v) is 2.17. The number of aromatic nitrogens is 3. The Morgan fingerprint density at radius 1 is 1.22 bits per heavy atom. The maximum absolute atomic E-state index is 10.9. The van der Waals surface area contributed by atoms with Gasteiger partial charge in [-0.05, 0) is 17.7 Å². The molecule has 0 saturated carbocycles. The monoisotopic (exact) mass is 311 g/mol. The van der Waals surface area contributed by atoms with Crippen LogP contribution in [0.2, 0.25) is 0 Å². The van der Waals surface area contributed by atoms with Crippen molar-refractivity contribution in [2.24, 2.45) is 5.73 Å². The molecule has 0 aliphatic rings. The molecule has 4 N–H and O–H groups in total. The van der Waals surface area contributed by atoms with E-state index in [9.17, 15) is 15.2 Å². The fraction of sp³-hybridized carbons (Fsp3) is 0.0667. The van der Waals surface area contributed by atoms with Gasteiger partial charge < -0.3 is 10.8 Å². The average Bonchev–Trinajstić information content (AvgIpc) is 3.05. The second-order valence-corrected chi connectivity index (χ2v) is 4.89. The van der Waals surface area contributed by atoms with Crippen molar-refractivity contribution in [1.82, 2.24) is 15.2 Å². The van der Waals surface area contributed by atoms with Crippen molar-refractivity contribution in [2.45, 2.75) is 6.04 Å². The lowest BCUT2D eigenvalue weighted by Gasteiger charge is -2.07. The number of phenolic OH excluding ortho intramolecular Hbond substituents is 1. The summed E-state index contributed by atoms with van der Waals surface area (Å²) < 4.78 is 0. The Kier molecular flexibility index (Phi) is 3.73. The predicted octanol–water partition coefficient (Wildman–Crippen LogP) is 2.13. The maximum Gasteiger partial charge on any atom is 0.311 e. The Morgan fingerprint density at radius 2 is 1.96 bits per heavy atom. The quantitative estimate of drug-likeness (QED) is 0.499. The molecule has 0 radical (unpaired) electrons. The molecule has 3 aromatic rings. The van der Waals surface area contributed by atoms with Crippen molar-refractivity contribution in [3.63, 3.8) is 0 Å². The highest BCUT2D eigenvalue weighted by molar-refractivity contribution is 5.63. The normalized spacial score (nSPS) is 12.0. The molecular weight excluding hydrogens is 298 g/mol. The van der Waals surface area contributed by atoms with Gasteiger partial charge in [0.2, 0.25) is 0 Å². The second-order valence-electron chi connectivity index (χ2n) is 4.89. The van der Waals surface area contributed by atoms with Gasteiger partial charge in [-0.25, -0.2) is 4.98 Å². The summed E-state index contributed by atoms with van der Waals surface area (Å²) in [7, 11) is 0. The SMILES string of the molecule is N[C@H](c1ccccc1)c1nc(-c2ccc(O)c([N+](=O)[O-])c2)n[nH]1. The number of hydrogen-bond donors (Lipinski definition) is 3. The molecule has 0 bridgehead atoms. The first-order chi connectivity index (χ1) is 11.1. The number of aromatic hydroxyl groups is 1. The maximum atomic E-state index is 10.9. The topological polar surface area (TPSA) is 131 Å². The van der Waals surface area contributed by atoms with Gasteiger partial charge in [0, 0.05) is 11.6 Å². The van der Waals surface area contributed by atoms with E-state index in [0.29, 0.717) is 11.4 Å². The number of phenols is 1. The summed E-state index contributed by atoms with van der Waals surface area (Å²) >= 11 is 0. The number of rotatable bonds is 4. The lowest BCUT2D eigenvalue weighted by atomic mass is 10.1. The summed E-state index contributed by atoms with van der Waals surface area (Å²) in [6.45, 7) is 0. The van der Waals surface area contributed by atoms with E-state index in [-0.39, 0.29) is 5.82 Å². The van der Waals surface area contributed by atoms with Crippen LogP contribution >= 0.6 is 0 Å². The number of nitrogens with one attached hydrogen (secondary N) is 1. The van der Waals surface area contributed by atoms with Crippen LogP contribution in [0, 0.1) is 10.1 Å². The van der Waals surface area contributed by atoms with E-state index in [1.165, 1.54) is 18.2 Å². The van der Waals surface area contributed by atoms with E-state index >= 15 is 0 Å². The van der Waals surface area contributed by atoms with Gasteiger partial charge >= 0.3 is 5.69 Å². The molecule has 23 heavy (non-hydrogen) atoms. The van der Waals surface area contributed by atoms with Crippen molar-refractivity contribution in [3.8, 4) is 17.1 Å². The summed E-state index contributed by atoms with van der Waals surface area (Å²) in [5.41, 5.74) is 7.01. The van der Waals surface area contributed by atoms with Crippen molar-refractivity contribution in [3.05, 3.63) is 70.0 Å². The summed E-state index contributed by atoms with van der Waals surface area (Å²) in [4.78, 5) is 14.5. The number of benzene rings is 2. The first-order valence-electron chi connectivity index (χ1n) is 6.77. The smallest absolute Gasteiger partial charge is 0.311 e. The molecule has 2 aromatic carbocycles. The molecule has 0 aliphatic carbocycles. The van der Waals surface area contributed by atoms with Crippen LogP contribution in [-0.4, -0.2) is 25.2 Å². The molecule has 1 heterocycles. The van der Waals surface area contributed by atoms with Gasteiger partial charge in [0.15, 0.2) is 11.6 Å². The van der Waals surface area contributed by atoms with Gasteiger partial charge in [0.1, 0.15) is 5.82 Å². The summed E-state index contributed by atoms with van der Waals surface area (Å²) in [6.07, 6.45) is 0. The van der Waals surface area contributed by atoms with Crippen molar-refractivity contribution in [2.75, 3.05) is 0 Å². The minimum absolute atomic E-state index is 0.273. The van der Waals surface area contributed by atoms with E-state index in [1.807, 2.05) is 30.3 Å². The van der Waals surface area contributed by atoms with Crippen LogP contribution in [0.25, 0.3) is 11.4 Å². The lowest BCUT2D eigenvalue weighted by Crippen LogP contribution is -2.13.